The smallest absolute Gasteiger partial charge is 0.379 e. The second kappa shape index (κ2) is 9.51. The molecule has 3 aromatic rings. The number of amides is 1. The molecule has 0 saturated carbocycles. The molecule has 0 aliphatic heterocycles. The van der Waals surface area contributed by atoms with E-state index in [4.69, 9.17) is 4.18 Å². The van der Waals surface area contributed by atoms with E-state index < -0.39 is 44.3 Å². The lowest BCUT2D eigenvalue weighted by Gasteiger charge is -2.18. The van der Waals surface area contributed by atoms with Crippen molar-refractivity contribution in [2.45, 2.75) is 24.2 Å². The highest BCUT2D eigenvalue weighted by Crippen LogP contribution is 2.23. The number of hydrogen-bond acceptors (Lipinski definition) is 7. The second-order valence-corrected chi connectivity index (χ2v) is 8.61. The van der Waals surface area contributed by atoms with Crippen LogP contribution in [0.1, 0.15) is 16.2 Å². The first kappa shape index (κ1) is 24.7. The third-order valence-electron chi connectivity index (χ3n) is 4.50. The Morgan fingerprint density at radius 3 is 2.50 bits per heavy atom. The molecule has 1 aromatic heterocycles. The molecule has 180 valence electrons. The van der Waals surface area contributed by atoms with Crippen LogP contribution in [-0.2, 0) is 23.2 Å². The van der Waals surface area contributed by atoms with Gasteiger partial charge in [0.25, 0.3) is 11.6 Å². The van der Waals surface area contributed by atoms with Gasteiger partial charge in [0.2, 0.25) is 0 Å². The molecule has 0 aliphatic carbocycles. The van der Waals surface area contributed by atoms with E-state index >= 15 is 0 Å². The normalized spacial score (nSPS) is 11.8. The van der Waals surface area contributed by atoms with E-state index in [1.807, 2.05) is 0 Å². The molecule has 1 heterocycles. The number of non-ortho nitro benzene ring substituents is 1. The van der Waals surface area contributed by atoms with Gasteiger partial charge in [-0.25, -0.2) is 4.98 Å². The first-order chi connectivity index (χ1) is 15.9. The largest absolute Gasteiger partial charge is 0.406 e. The van der Waals surface area contributed by atoms with Gasteiger partial charge in [0.15, 0.2) is 0 Å². The predicted octanol–water partition coefficient (Wildman–Crippen LogP) is 3.39. The van der Waals surface area contributed by atoms with Crippen molar-refractivity contribution in [1.82, 2.24) is 14.5 Å². The summed E-state index contributed by atoms with van der Waals surface area (Å²) in [5.41, 5.74) is -0.305. The molecule has 1 amide bonds. The molecule has 2 aromatic carbocycles. The van der Waals surface area contributed by atoms with Gasteiger partial charge in [0.1, 0.15) is 23.0 Å². The second-order valence-electron chi connectivity index (χ2n) is 7.06. The zero-order chi connectivity index (χ0) is 25.1. The van der Waals surface area contributed by atoms with Crippen molar-refractivity contribution >= 4 is 21.7 Å². The third kappa shape index (κ3) is 6.10. The van der Waals surface area contributed by atoms with Crippen molar-refractivity contribution in [2.24, 2.45) is 0 Å². The number of nitrogens with zero attached hydrogens (tertiary/aromatic N) is 4. The summed E-state index contributed by atoms with van der Waals surface area (Å²) in [6.07, 6.45) is -2.08. The lowest BCUT2D eigenvalue weighted by molar-refractivity contribution is -0.385. The number of nitro benzene ring substituents is 1. The maximum atomic E-state index is 12.7. The molecule has 0 bridgehead atoms. The number of carbonyl (C=O) groups excluding carboxylic acids is 1. The van der Waals surface area contributed by atoms with Gasteiger partial charge in [-0.05, 0) is 30.3 Å². The molecular formula is C20H17F3N4O6S. The minimum Gasteiger partial charge on any atom is -0.379 e. The van der Waals surface area contributed by atoms with Crippen molar-refractivity contribution in [3.8, 4) is 5.75 Å². The van der Waals surface area contributed by atoms with E-state index in [9.17, 15) is 36.5 Å². The van der Waals surface area contributed by atoms with Gasteiger partial charge in [0, 0.05) is 37.1 Å². The number of halogens is 3. The van der Waals surface area contributed by atoms with Crippen molar-refractivity contribution < 1.29 is 35.5 Å². The third-order valence-corrected chi connectivity index (χ3v) is 5.74. The average molecular weight is 498 g/mol. The van der Waals surface area contributed by atoms with Crippen LogP contribution >= 0.6 is 0 Å². The fraction of sp³-hybridized carbons (Fsp3) is 0.200. The van der Waals surface area contributed by atoms with E-state index in [2.05, 4.69) is 4.98 Å². The first-order valence-corrected chi connectivity index (χ1v) is 10.9. The first-order valence-electron chi connectivity index (χ1n) is 9.47. The molecule has 0 atom stereocenters. The minimum atomic E-state index is -4.45. The Balaban J connectivity index is 1.69. The molecule has 34 heavy (non-hydrogen) atoms. The van der Waals surface area contributed by atoms with E-state index in [-0.39, 0.29) is 23.7 Å². The van der Waals surface area contributed by atoms with E-state index in [0.29, 0.717) is 0 Å². The van der Waals surface area contributed by atoms with E-state index in [1.165, 1.54) is 43.6 Å². The molecule has 0 radical (unpaired) electrons. The summed E-state index contributed by atoms with van der Waals surface area (Å²) in [4.78, 5) is 27.3. The molecule has 14 heteroatoms. The van der Waals surface area contributed by atoms with Crippen molar-refractivity contribution in [2.75, 3.05) is 7.05 Å². The highest BCUT2D eigenvalue weighted by atomic mass is 32.2. The van der Waals surface area contributed by atoms with Crippen molar-refractivity contribution in [3.63, 3.8) is 0 Å². The van der Waals surface area contributed by atoms with Gasteiger partial charge < -0.3 is 13.7 Å². The number of aromatic nitrogens is 2. The summed E-state index contributed by atoms with van der Waals surface area (Å²) in [5.74, 6) is -0.655. The number of hydrogen-bond donors (Lipinski definition) is 0. The van der Waals surface area contributed by atoms with Gasteiger partial charge in [-0.1, -0.05) is 6.07 Å². The van der Waals surface area contributed by atoms with Crippen LogP contribution in [0.25, 0.3) is 0 Å². The number of nitro groups is 1. The highest BCUT2D eigenvalue weighted by Gasteiger charge is 2.29. The Morgan fingerprint density at radius 2 is 1.88 bits per heavy atom. The summed E-state index contributed by atoms with van der Waals surface area (Å²) in [5, 5.41) is 10.9. The van der Waals surface area contributed by atoms with Crippen molar-refractivity contribution in [3.05, 3.63) is 82.4 Å². The Bertz CT molecular complexity index is 1310. The van der Waals surface area contributed by atoms with Crippen LogP contribution in [0.5, 0.6) is 5.75 Å². The SMILES string of the molecule is CN(Cc1nccn1CC(F)(F)F)C(=O)c1ccc(OS(=O)(=O)c2cccc([N+](=O)[O-])c2)cc1. The zero-order valence-electron chi connectivity index (χ0n) is 17.5. The molecule has 0 unspecified atom stereocenters. The molecule has 0 saturated heterocycles. The van der Waals surface area contributed by atoms with Gasteiger partial charge in [-0.15, -0.1) is 0 Å². The summed E-state index contributed by atoms with van der Waals surface area (Å²) in [6, 6.07) is 9.29. The molecule has 10 nitrogen and oxygen atoms in total. The van der Waals surface area contributed by atoms with Gasteiger partial charge in [-0.3, -0.25) is 14.9 Å². The maximum Gasteiger partial charge on any atom is 0.406 e. The molecule has 0 spiro atoms. The van der Waals surface area contributed by atoms with Crippen LogP contribution in [0.4, 0.5) is 18.9 Å². The Morgan fingerprint density at radius 1 is 1.21 bits per heavy atom. The standard InChI is InChI=1S/C20H17F3N4O6S/c1-25(12-18-24-9-10-26(18)13-20(21,22)23)19(28)14-5-7-16(8-6-14)33-34(31,32)17-4-2-3-15(11-17)27(29)30/h2-11H,12-13H2,1H3. The highest BCUT2D eigenvalue weighted by molar-refractivity contribution is 7.87. The fourth-order valence-corrected chi connectivity index (χ4v) is 3.88. The van der Waals surface area contributed by atoms with Crippen LogP contribution in [0, 0.1) is 10.1 Å². The van der Waals surface area contributed by atoms with Crippen LogP contribution < -0.4 is 4.18 Å². The van der Waals surface area contributed by atoms with Gasteiger partial charge in [-0.2, -0.15) is 21.6 Å². The summed E-state index contributed by atoms with van der Waals surface area (Å²) < 4.78 is 68.7. The quantitative estimate of drug-likeness (QED) is 0.265. The minimum absolute atomic E-state index is 0.0381. The number of imidazole rings is 1. The zero-order valence-corrected chi connectivity index (χ0v) is 18.3. The molecule has 0 N–H and O–H groups in total. The summed E-state index contributed by atoms with van der Waals surface area (Å²) in [7, 11) is -2.99. The van der Waals surface area contributed by atoms with E-state index in [1.54, 1.807) is 0 Å². The van der Waals surface area contributed by atoms with Crippen LogP contribution in [-0.4, -0.2) is 46.9 Å². The average Bonchev–Trinajstić information content (AvgIpc) is 3.18. The topological polar surface area (TPSA) is 125 Å². The number of carbonyl (C=O) groups is 1. The number of alkyl halides is 3. The molecule has 3 rings (SSSR count). The van der Waals surface area contributed by atoms with Crippen molar-refractivity contribution in [1.29, 1.82) is 0 Å². The summed E-state index contributed by atoms with van der Waals surface area (Å²) >= 11 is 0. The monoisotopic (exact) mass is 498 g/mol. The Labute approximate surface area is 191 Å². The van der Waals surface area contributed by atoms with Gasteiger partial charge >= 0.3 is 16.3 Å². The summed E-state index contributed by atoms with van der Waals surface area (Å²) in [6.45, 7) is -1.43. The van der Waals surface area contributed by atoms with Gasteiger partial charge in [0.05, 0.1) is 11.5 Å². The van der Waals surface area contributed by atoms with Crippen LogP contribution in [0.3, 0.4) is 0 Å². The maximum absolute atomic E-state index is 12.7. The van der Waals surface area contributed by atoms with Crippen LogP contribution in [0.15, 0.2) is 65.8 Å². The lowest BCUT2D eigenvalue weighted by atomic mass is 10.2. The molecule has 0 aliphatic rings. The fourth-order valence-electron chi connectivity index (χ4n) is 2.91. The molecule has 0 fully saturated rings. The number of rotatable bonds is 8. The lowest BCUT2D eigenvalue weighted by Crippen LogP contribution is -2.29. The predicted molar refractivity (Wildman–Crippen MR) is 111 cm³/mol. The molecular weight excluding hydrogens is 481 g/mol. The number of benzene rings is 2. The van der Waals surface area contributed by atoms with E-state index in [0.717, 1.165) is 33.9 Å². The van der Waals surface area contributed by atoms with Crippen LogP contribution in [0.2, 0.25) is 0 Å². The Kier molecular flexibility index (Phi) is 6.91. The Hall–Kier alpha value is -3.94.